The number of piperidine rings is 1. The summed E-state index contributed by atoms with van der Waals surface area (Å²) in [5.74, 6) is -0.418. The molecule has 1 saturated carbocycles. The highest BCUT2D eigenvalue weighted by atomic mass is 16.3. The van der Waals surface area contributed by atoms with Gasteiger partial charge in [0.25, 0.3) is 0 Å². The molecule has 3 unspecified atom stereocenters. The van der Waals surface area contributed by atoms with Crippen LogP contribution in [0.25, 0.3) is 0 Å². The number of hydrogen-bond donors (Lipinski definition) is 1. The second-order valence-electron chi connectivity index (χ2n) is 5.11. The van der Waals surface area contributed by atoms with E-state index in [1.165, 1.54) is 4.90 Å². The maximum Gasteiger partial charge on any atom is 0.233 e. The zero-order chi connectivity index (χ0) is 12.9. The Morgan fingerprint density at radius 1 is 1.28 bits per heavy atom. The van der Waals surface area contributed by atoms with Gasteiger partial charge in [-0.25, -0.2) is 0 Å². The Hall–Kier alpha value is -1.68. The van der Waals surface area contributed by atoms with Crippen molar-refractivity contribution in [1.29, 1.82) is 0 Å². The van der Waals surface area contributed by atoms with Gasteiger partial charge in [0.15, 0.2) is 0 Å². The van der Waals surface area contributed by atoms with Gasteiger partial charge in [-0.3, -0.25) is 14.5 Å². The second kappa shape index (κ2) is 3.92. The van der Waals surface area contributed by atoms with Crippen LogP contribution in [0.5, 0.6) is 0 Å². The molecule has 2 fully saturated rings. The summed E-state index contributed by atoms with van der Waals surface area (Å²) >= 11 is 0. The van der Waals surface area contributed by atoms with Crippen molar-refractivity contribution in [2.45, 2.75) is 19.4 Å². The third kappa shape index (κ3) is 1.64. The Labute approximate surface area is 105 Å². The first-order chi connectivity index (χ1) is 8.59. The van der Waals surface area contributed by atoms with Crippen LogP contribution >= 0.6 is 0 Å². The monoisotopic (exact) mass is 245 g/mol. The molecule has 1 aromatic rings. The first-order valence-corrected chi connectivity index (χ1v) is 6.18. The fourth-order valence-electron chi connectivity index (χ4n) is 2.66. The molecule has 1 N–H and O–H groups in total. The van der Waals surface area contributed by atoms with Crippen LogP contribution in [0.3, 0.4) is 0 Å². The number of hydrogen-bond acceptors (Lipinski definition) is 3. The Morgan fingerprint density at radius 3 is 2.50 bits per heavy atom. The Kier molecular flexibility index (Phi) is 2.48. The van der Waals surface area contributed by atoms with Gasteiger partial charge in [-0.2, -0.15) is 0 Å². The predicted octanol–water partition coefficient (Wildman–Crippen LogP) is 1.03. The van der Waals surface area contributed by atoms with Crippen molar-refractivity contribution in [3.05, 3.63) is 35.4 Å². The van der Waals surface area contributed by atoms with E-state index in [9.17, 15) is 14.7 Å². The lowest BCUT2D eigenvalue weighted by Crippen LogP contribution is -2.36. The van der Waals surface area contributed by atoms with Crippen LogP contribution in [0.4, 0.5) is 0 Å². The number of aliphatic hydroxyl groups is 1. The van der Waals surface area contributed by atoms with Crippen LogP contribution in [-0.4, -0.2) is 28.4 Å². The number of aryl methyl sites for hydroxylation is 1. The fraction of sp³-hybridized carbons (Fsp3) is 0.429. The molecule has 2 aliphatic rings. The highest BCUT2D eigenvalue weighted by Crippen LogP contribution is 2.47. The number of nitrogens with zero attached hydrogens (tertiary/aromatic N) is 1. The van der Waals surface area contributed by atoms with Gasteiger partial charge in [0.05, 0.1) is 24.5 Å². The molecule has 4 nitrogen and oxygen atoms in total. The number of benzene rings is 1. The third-order valence-electron chi connectivity index (χ3n) is 3.86. The first-order valence-electron chi connectivity index (χ1n) is 6.18. The average molecular weight is 245 g/mol. The van der Waals surface area contributed by atoms with E-state index in [0.717, 1.165) is 11.1 Å². The normalized spacial score (nSPS) is 27.3. The molecule has 18 heavy (non-hydrogen) atoms. The molecule has 0 spiro atoms. The number of rotatable bonds is 3. The molecule has 1 aromatic carbocycles. The average Bonchev–Trinajstić information content (AvgIpc) is 3.10. The van der Waals surface area contributed by atoms with Gasteiger partial charge in [-0.15, -0.1) is 0 Å². The van der Waals surface area contributed by atoms with E-state index in [1.54, 1.807) is 0 Å². The summed E-state index contributed by atoms with van der Waals surface area (Å²) in [6.45, 7) is 1.99. The summed E-state index contributed by atoms with van der Waals surface area (Å²) in [5.41, 5.74) is 1.74. The molecule has 94 valence electrons. The van der Waals surface area contributed by atoms with Gasteiger partial charge in [-0.05, 0) is 24.5 Å². The maximum atomic E-state index is 11.8. The van der Waals surface area contributed by atoms with Gasteiger partial charge < -0.3 is 5.11 Å². The largest absolute Gasteiger partial charge is 0.387 e. The van der Waals surface area contributed by atoms with Crippen molar-refractivity contribution in [1.82, 2.24) is 4.90 Å². The van der Waals surface area contributed by atoms with E-state index in [2.05, 4.69) is 0 Å². The summed E-state index contributed by atoms with van der Waals surface area (Å²) < 4.78 is 0. The lowest BCUT2D eigenvalue weighted by molar-refractivity contribution is -0.143. The van der Waals surface area contributed by atoms with Crippen molar-refractivity contribution < 1.29 is 14.7 Å². The molecule has 3 atom stereocenters. The minimum atomic E-state index is -0.795. The van der Waals surface area contributed by atoms with Gasteiger partial charge in [0, 0.05) is 0 Å². The second-order valence-corrected chi connectivity index (χ2v) is 5.11. The molecule has 0 aromatic heterocycles. The van der Waals surface area contributed by atoms with E-state index in [1.807, 2.05) is 31.2 Å². The molecule has 0 bridgehead atoms. The number of imide groups is 1. The van der Waals surface area contributed by atoms with E-state index in [0.29, 0.717) is 6.42 Å². The maximum absolute atomic E-state index is 11.8. The molecule has 3 rings (SSSR count). The molecular formula is C14H15NO3. The van der Waals surface area contributed by atoms with Crippen LogP contribution < -0.4 is 0 Å². The number of carbonyl (C=O) groups excluding carboxylic acids is 2. The minimum Gasteiger partial charge on any atom is -0.387 e. The number of fused-ring (bicyclic) bond motifs is 1. The van der Waals surface area contributed by atoms with Crippen molar-refractivity contribution in [3.8, 4) is 0 Å². The fourth-order valence-corrected chi connectivity index (χ4v) is 2.66. The zero-order valence-corrected chi connectivity index (χ0v) is 10.2. The molecule has 1 heterocycles. The van der Waals surface area contributed by atoms with Crippen LogP contribution in [0.15, 0.2) is 24.3 Å². The van der Waals surface area contributed by atoms with Crippen molar-refractivity contribution in [3.63, 3.8) is 0 Å². The molecular weight excluding hydrogens is 230 g/mol. The van der Waals surface area contributed by atoms with Gasteiger partial charge in [0.2, 0.25) is 11.8 Å². The smallest absolute Gasteiger partial charge is 0.233 e. The number of β-amino-alcohol motifs (C(OH)–C–C–N with tert-alkyl or cyclic N) is 1. The molecule has 1 aliphatic heterocycles. The number of carbonyl (C=O) groups is 2. The molecule has 4 heteroatoms. The lowest BCUT2D eigenvalue weighted by Gasteiger charge is -2.21. The highest BCUT2D eigenvalue weighted by molar-refractivity contribution is 6.08. The Bertz CT molecular complexity index is 506. The lowest BCUT2D eigenvalue weighted by atomic mass is 10.0. The highest BCUT2D eigenvalue weighted by Gasteiger charge is 2.58. The zero-order valence-electron chi connectivity index (χ0n) is 10.2. The van der Waals surface area contributed by atoms with Crippen LogP contribution in [0.2, 0.25) is 0 Å². The van der Waals surface area contributed by atoms with Gasteiger partial charge in [-0.1, -0.05) is 24.3 Å². The standard InChI is InChI=1S/C14H15NO3/c1-8-4-2-3-5-9(8)12(16)7-15-13(17)10-6-11(10)14(15)18/h2-5,10-12,16H,6-7H2,1H3. The Morgan fingerprint density at radius 2 is 1.89 bits per heavy atom. The number of amides is 2. The summed E-state index contributed by atoms with van der Waals surface area (Å²) in [5, 5.41) is 10.2. The van der Waals surface area contributed by atoms with Crippen LogP contribution in [0.1, 0.15) is 23.7 Å². The van der Waals surface area contributed by atoms with E-state index in [4.69, 9.17) is 0 Å². The summed E-state index contributed by atoms with van der Waals surface area (Å²) in [6, 6.07) is 7.47. The third-order valence-corrected chi connectivity index (χ3v) is 3.86. The molecule has 1 aliphatic carbocycles. The van der Waals surface area contributed by atoms with Crippen molar-refractivity contribution >= 4 is 11.8 Å². The number of likely N-dealkylation sites (tertiary alicyclic amines) is 1. The number of aliphatic hydroxyl groups excluding tert-OH is 1. The van der Waals surface area contributed by atoms with E-state index >= 15 is 0 Å². The summed E-state index contributed by atoms with van der Waals surface area (Å²) in [7, 11) is 0. The van der Waals surface area contributed by atoms with Crippen LogP contribution in [0, 0.1) is 18.8 Å². The molecule has 1 saturated heterocycles. The SMILES string of the molecule is Cc1ccccc1C(O)CN1C(=O)C2CC2C1=O. The summed E-state index contributed by atoms with van der Waals surface area (Å²) in [4.78, 5) is 24.8. The van der Waals surface area contributed by atoms with Crippen LogP contribution in [-0.2, 0) is 9.59 Å². The van der Waals surface area contributed by atoms with E-state index in [-0.39, 0.29) is 30.2 Å². The Balaban J connectivity index is 1.76. The molecule has 2 amide bonds. The van der Waals surface area contributed by atoms with E-state index < -0.39 is 6.10 Å². The minimum absolute atomic E-state index is 0.0789. The quantitative estimate of drug-likeness (QED) is 0.809. The van der Waals surface area contributed by atoms with Gasteiger partial charge >= 0.3 is 0 Å². The topological polar surface area (TPSA) is 57.6 Å². The first kappa shape index (κ1) is 11.4. The predicted molar refractivity (Wildman–Crippen MR) is 64.5 cm³/mol. The van der Waals surface area contributed by atoms with Crippen molar-refractivity contribution in [2.24, 2.45) is 11.8 Å². The van der Waals surface area contributed by atoms with Crippen molar-refractivity contribution in [2.75, 3.05) is 6.54 Å². The van der Waals surface area contributed by atoms with Gasteiger partial charge in [0.1, 0.15) is 0 Å². The molecule has 0 radical (unpaired) electrons. The summed E-state index contributed by atoms with van der Waals surface area (Å²) in [6.07, 6.45) is -0.0918.